The van der Waals surface area contributed by atoms with Crippen LogP contribution in [0.2, 0.25) is 0 Å². The molecule has 1 aliphatic rings. The van der Waals surface area contributed by atoms with Gasteiger partial charge in [0.2, 0.25) is 0 Å². The highest BCUT2D eigenvalue weighted by molar-refractivity contribution is 9.10. The number of para-hydroxylation sites is 1. The molecule has 0 atom stereocenters. The number of benzene rings is 3. The summed E-state index contributed by atoms with van der Waals surface area (Å²) in [4.78, 5) is 27.8. The third-order valence-electron chi connectivity index (χ3n) is 5.74. The van der Waals surface area contributed by atoms with Crippen molar-refractivity contribution in [2.75, 3.05) is 4.90 Å². The molecule has 1 N–H and O–H groups in total. The van der Waals surface area contributed by atoms with E-state index >= 15 is 0 Å². The predicted molar refractivity (Wildman–Crippen MR) is 146 cm³/mol. The summed E-state index contributed by atoms with van der Waals surface area (Å²) in [6.07, 6.45) is 1.65. The van der Waals surface area contributed by atoms with E-state index in [1.165, 1.54) is 4.90 Å². The molecule has 35 heavy (non-hydrogen) atoms. The first kappa shape index (κ1) is 23.0. The van der Waals surface area contributed by atoms with Crippen molar-refractivity contribution in [3.05, 3.63) is 112 Å². The van der Waals surface area contributed by atoms with Crippen molar-refractivity contribution >= 4 is 56.8 Å². The molecule has 3 aromatic carbocycles. The zero-order chi connectivity index (χ0) is 24.5. The van der Waals surface area contributed by atoms with Crippen molar-refractivity contribution in [1.82, 2.24) is 9.88 Å². The third-order valence-corrected chi connectivity index (χ3v) is 6.52. The SMILES string of the molecule is Cc1cc(/C=C2\C(=O)NC(=S)N(c3cccc(Br)c3)C2=O)c(-c2ccccc2)n1-c1ccccc1. The standard InChI is InChI=1S/C28H20BrN3O2S/c1-18-15-20(25(19-9-4-2-5-10-19)31(18)22-12-6-3-7-13-22)16-24-26(33)30-28(35)32(27(24)34)23-14-8-11-21(29)17-23/h2-17H,1H3,(H,30,33,35)/b24-16+. The maximum atomic E-state index is 13.6. The number of rotatable bonds is 4. The Balaban J connectivity index is 1.68. The van der Waals surface area contributed by atoms with Gasteiger partial charge in [0.1, 0.15) is 5.57 Å². The van der Waals surface area contributed by atoms with Crippen molar-refractivity contribution in [3.8, 4) is 16.9 Å². The van der Waals surface area contributed by atoms with Crippen LogP contribution in [-0.4, -0.2) is 21.5 Å². The number of nitrogens with one attached hydrogen (secondary N) is 1. The molecule has 0 saturated carbocycles. The highest BCUT2D eigenvalue weighted by Gasteiger charge is 2.35. The Labute approximate surface area is 216 Å². The fourth-order valence-electron chi connectivity index (χ4n) is 4.24. The first-order valence-corrected chi connectivity index (χ1v) is 12.1. The van der Waals surface area contributed by atoms with Crippen LogP contribution in [-0.2, 0) is 9.59 Å². The van der Waals surface area contributed by atoms with Gasteiger partial charge in [0.05, 0.1) is 11.4 Å². The Morgan fingerprint density at radius 3 is 2.20 bits per heavy atom. The molecule has 172 valence electrons. The highest BCUT2D eigenvalue weighted by atomic mass is 79.9. The largest absolute Gasteiger partial charge is 0.313 e. The van der Waals surface area contributed by atoms with Gasteiger partial charge in [0.25, 0.3) is 11.8 Å². The van der Waals surface area contributed by atoms with Crippen LogP contribution in [0.3, 0.4) is 0 Å². The normalized spacial score (nSPS) is 15.0. The zero-order valence-electron chi connectivity index (χ0n) is 18.7. The number of thiocarbonyl (C=S) groups is 1. The molecule has 2 heterocycles. The molecule has 0 spiro atoms. The summed E-state index contributed by atoms with van der Waals surface area (Å²) in [6, 6.07) is 29.1. The summed E-state index contributed by atoms with van der Waals surface area (Å²) in [6.45, 7) is 2.01. The topological polar surface area (TPSA) is 54.3 Å². The summed E-state index contributed by atoms with van der Waals surface area (Å²) < 4.78 is 2.93. The molecule has 1 fully saturated rings. The van der Waals surface area contributed by atoms with E-state index in [1.807, 2.05) is 85.8 Å². The lowest BCUT2D eigenvalue weighted by Gasteiger charge is -2.29. The lowest BCUT2D eigenvalue weighted by atomic mass is 10.0. The Bertz CT molecular complexity index is 1490. The van der Waals surface area contributed by atoms with Gasteiger partial charge in [-0.1, -0.05) is 70.5 Å². The monoisotopic (exact) mass is 541 g/mol. The average molecular weight is 542 g/mol. The predicted octanol–water partition coefficient (Wildman–Crippen LogP) is 6.05. The van der Waals surface area contributed by atoms with Crippen molar-refractivity contribution in [2.24, 2.45) is 0 Å². The van der Waals surface area contributed by atoms with Crippen LogP contribution in [0.5, 0.6) is 0 Å². The van der Waals surface area contributed by atoms with Crippen LogP contribution in [0.1, 0.15) is 11.3 Å². The number of anilines is 1. The minimum absolute atomic E-state index is 0.0148. The second-order valence-corrected chi connectivity index (χ2v) is 9.37. The maximum absolute atomic E-state index is 13.6. The molecule has 1 aliphatic heterocycles. The molecule has 4 aromatic rings. The van der Waals surface area contributed by atoms with Gasteiger partial charge in [-0.2, -0.15) is 0 Å². The average Bonchev–Trinajstić information content (AvgIpc) is 3.18. The van der Waals surface area contributed by atoms with Crippen molar-refractivity contribution in [1.29, 1.82) is 0 Å². The number of hydrogen-bond acceptors (Lipinski definition) is 3. The van der Waals surface area contributed by atoms with Crippen LogP contribution < -0.4 is 10.2 Å². The molecular formula is C28H20BrN3O2S. The molecular weight excluding hydrogens is 522 g/mol. The number of aromatic nitrogens is 1. The zero-order valence-corrected chi connectivity index (χ0v) is 21.1. The fraction of sp³-hybridized carbons (Fsp3) is 0.0357. The number of amides is 2. The number of nitrogens with zero attached hydrogens (tertiary/aromatic N) is 2. The van der Waals surface area contributed by atoms with Gasteiger partial charge in [0, 0.05) is 21.4 Å². The van der Waals surface area contributed by atoms with Gasteiger partial charge < -0.3 is 4.57 Å². The van der Waals surface area contributed by atoms with Gasteiger partial charge in [-0.25, -0.2) is 0 Å². The second kappa shape index (κ2) is 9.44. The van der Waals surface area contributed by atoms with E-state index in [-0.39, 0.29) is 10.7 Å². The summed E-state index contributed by atoms with van der Waals surface area (Å²) in [5.74, 6) is -0.989. The van der Waals surface area contributed by atoms with Crippen molar-refractivity contribution in [3.63, 3.8) is 0 Å². The first-order valence-electron chi connectivity index (χ1n) is 10.9. The lowest BCUT2D eigenvalue weighted by molar-refractivity contribution is -0.122. The summed E-state index contributed by atoms with van der Waals surface area (Å²) in [5.41, 5.74) is 5.18. The van der Waals surface area contributed by atoms with Crippen LogP contribution >= 0.6 is 28.1 Å². The Kier molecular flexibility index (Phi) is 6.19. The minimum atomic E-state index is -0.518. The van der Waals surface area contributed by atoms with Crippen LogP contribution in [0, 0.1) is 6.92 Å². The molecule has 5 rings (SSSR count). The summed E-state index contributed by atoms with van der Waals surface area (Å²) in [5, 5.41) is 2.72. The van der Waals surface area contributed by atoms with Crippen molar-refractivity contribution in [2.45, 2.75) is 6.92 Å². The summed E-state index contributed by atoms with van der Waals surface area (Å²) in [7, 11) is 0. The van der Waals surface area contributed by atoms with E-state index in [0.717, 1.165) is 32.7 Å². The van der Waals surface area contributed by atoms with E-state index in [2.05, 4.69) is 25.8 Å². The number of halogens is 1. The maximum Gasteiger partial charge on any atom is 0.270 e. The molecule has 0 aliphatic carbocycles. The second-order valence-electron chi connectivity index (χ2n) is 8.06. The van der Waals surface area contributed by atoms with Gasteiger partial charge >= 0.3 is 0 Å². The van der Waals surface area contributed by atoms with Crippen molar-refractivity contribution < 1.29 is 9.59 Å². The molecule has 5 nitrogen and oxygen atoms in total. The number of carbonyl (C=O) groups excluding carboxylic acids is 2. The van der Waals surface area contributed by atoms with E-state index < -0.39 is 11.8 Å². The highest BCUT2D eigenvalue weighted by Crippen LogP contribution is 2.33. The molecule has 0 bridgehead atoms. The minimum Gasteiger partial charge on any atom is -0.313 e. The first-order chi connectivity index (χ1) is 16.9. The smallest absolute Gasteiger partial charge is 0.270 e. The van der Waals surface area contributed by atoms with Gasteiger partial charge in [0.15, 0.2) is 5.11 Å². The van der Waals surface area contributed by atoms with E-state index in [4.69, 9.17) is 12.2 Å². The molecule has 7 heteroatoms. The Morgan fingerprint density at radius 2 is 1.51 bits per heavy atom. The molecule has 1 aromatic heterocycles. The van der Waals surface area contributed by atoms with Gasteiger partial charge in [-0.05, 0) is 67.2 Å². The quantitative estimate of drug-likeness (QED) is 0.194. The molecule has 2 amide bonds. The third kappa shape index (κ3) is 4.36. The summed E-state index contributed by atoms with van der Waals surface area (Å²) >= 11 is 8.77. The molecule has 1 saturated heterocycles. The number of hydrogen-bond donors (Lipinski definition) is 1. The van der Waals surface area contributed by atoms with Crippen LogP contribution in [0.4, 0.5) is 5.69 Å². The molecule has 0 unspecified atom stereocenters. The van der Waals surface area contributed by atoms with E-state index in [0.29, 0.717) is 5.69 Å². The fourth-order valence-corrected chi connectivity index (χ4v) is 4.91. The molecule has 0 radical (unpaired) electrons. The van der Waals surface area contributed by atoms with Crippen LogP contribution in [0.15, 0.2) is 101 Å². The Morgan fingerprint density at radius 1 is 0.857 bits per heavy atom. The van der Waals surface area contributed by atoms with Gasteiger partial charge in [-0.15, -0.1) is 0 Å². The number of carbonyl (C=O) groups is 2. The Hall–Kier alpha value is -3.81. The van der Waals surface area contributed by atoms with Crippen LogP contribution in [0.25, 0.3) is 23.0 Å². The van der Waals surface area contributed by atoms with E-state index in [1.54, 1.807) is 18.2 Å². The lowest BCUT2D eigenvalue weighted by Crippen LogP contribution is -2.54. The van der Waals surface area contributed by atoms with E-state index in [9.17, 15) is 9.59 Å². The number of aryl methyl sites for hydroxylation is 1. The van der Waals surface area contributed by atoms with Gasteiger partial charge in [-0.3, -0.25) is 19.8 Å².